The second-order valence-electron chi connectivity index (χ2n) is 8.29. The maximum absolute atomic E-state index is 12.3. The fraction of sp³-hybridized carbons (Fsp3) is 0.259. The van der Waals surface area contributed by atoms with Crippen LogP contribution in [0.2, 0.25) is 0 Å². The van der Waals surface area contributed by atoms with E-state index in [2.05, 4.69) is 0 Å². The summed E-state index contributed by atoms with van der Waals surface area (Å²) in [6.45, 7) is 0.459. The first-order valence-corrected chi connectivity index (χ1v) is 13.3. The van der Waals surface area contributed by atoms with Crippen LogP contribution in [0.1, 0.15) is 45.0 Å². The molecule has 0 radical (unpaired) electrons. The molecule has 4 aromatic rings. The zero-order chi connectivity index (χ0) is 27.2. The molecular formula is C27H24O9S2. The smallest absolute Gasteiger partial charge is 0.303 e. The highest BCUT2D eigenvalue weighted by Crippen LogP contribution is 2.37. The van der Waals surface area contributed by atoms with Gasteiger partial charge in [-0.1, -0.05) is 0 Å². The maximum atomic E-state index is 12.3. The van der Waals surface area contributed by atoms with Crippen LogP contribution in [0.25, 0.3) is 20.2 Å². The number of thiophene rings is 2. The Labute approximate surface area is 225 Å². The summed E-state index contributed by atoms with van der Waals surface area (Å²) in [6, 6.07) is 12.5. The topological polar surface area (TPSA) is 136 Å². The third-order valence-electron chi connectivity index (χ3n) is 5.58. The van der Waals surface area contributed by atoms with Crippen molar-refractivity contribution in [1.29, 1.82) is 0 Å². The van der Waals surface area contributed by atoms with Gasteiger partial charge in [-0.3, -0.25) is 19.2 Å². The van der Waals surface area contributed by atoms with Gasteiger partial charge in [-0.15, -0.1) is 22.7 Å². The van der Waals surface area contributed by atoms with Crippen LogP contribution >= 0.6 is 22.7 Å². The number of ether oxygens (including phenoxy) is 3. The second kappa shape index (κ2) is 12.1. The van der Waals surface area contributed by atoms with E-state index in [1.807, 2.05) is 12.1 Å². The van der Waals surface area contributed by atoms with Crippen molar-refractivity contribution in [2.45, 2.75) is 25.7 Å². The van der Waals surface area contributed by atoms with Crippen LogP contribution in [-0.4, -0.2) is 54.0 Å². The van der Waals surface area contributed by atoms with Gasteiger partial charge in [-0.2, -0.15) is 0 Å². The summed E-state index contributed by atoms with van der Waals surface area (Å²) in [5, 5.41) is 19.2. The molecule has 0 atom stereocenters. The minimum atomic E-state index is -1.01. The van der Waals surface area contributed by atoms with Gasteiger partial charge in [0.25, 0.3) is 0 Å². The summed E-state index contributed by atoms with van der Waals surface area (Å²) >= 11 is 2.60. The number of benzene rings is 2. The van der Waals surface area contributed by atoms with Crippen LogP contribution < -0.4 is 14.2 Å². The summed E-state index contributed by atoms with van der Waals surface area (Å²) in [4.78, 5) is 47.0. The number of carboxylic acid groups (broad SMARTS) is 2. The zero-order valence-electron chi connectivity index (χ0n) is 20.4. The van der Waals surface area contributed by atoms with Crippen molar-refractivity contribution in [3.8, 4) is 17.2 Å². The number of fused-ring (bicyclic) bond motifs is 2. The molecule has 0 unspecified atom stereocenters. The van der Waals surface area contributed by atoms with Gasteiger partial charge in [-0.25, -0.2) is 0 Å². The van der Waals surface area contributed by atoms with E-state index in [1.165, 1.54) is 29.8 Å². The number of ketones is 2. The molecule has 2 aromatic heterocycles. The van der Waals surface area contributed by atoms with Crippen molar-refractivity contribution < 1.29 is 43.6 Å². The van der Waals surface area contributed by atoms with Crippen LogP contribution in [0.15, 0.2) is 42.5 Å². The number of rotatable bonds is 14. The lowest BCUT2D eigenvalue weighted by Gasteiger charge is -2.12. The molecule has 2 aromatic carbocycles. The van der Waals surface area contributed by atoms with Crippen molar-refractivity contribution in [3.63, 3.8) is 0 Å². The van der Waals surface area contributed by atoms with E-state index in [0.29, 0.717) is 27.0 Å². The Balaban J connectivity index is 1.36. The lowest BCUT2D eigenvalue weighted by atomic mass is 10.1. The molecule has 9 nitrogen and oxygen atoms in total. The molecule has 0 saturated carbocycles. The lowest BCUT2D eigenvalue weighted by molar-refractivity contribution is -0.137. The summed E-state index contributed by atoms with van der Waals surface area (Å²) in [5.74, 6) is -0.832. The quantitative estimate of drug-likeness (QED) is 0.148. The first-order chi connectivity index (χ1) is 18.2. The molecule has 38 heavy (non-hydrogen) atoms. The van der Waals surface area contributed by atoms with Gasteiger partial charge < -0.3 is 24.4 Å². The number of carboxylic acids is 2. The fourth-order valence-corrected chi connectivity index (χ4v) is 5.76. The van der Waals surface area contributed by atoms with E-state index < -0.39 is 11.9 Å². The molecule has 4 rings (SSSR count). The van der Waals surface area contributed by atoms with Crippen molar-refractivity contribution in [3.05, 3.63) is 52.2 Å². The summed E-state index contributed by atoms with van der Waals surface area (Å²) in [5.41, 5.74) is 0. The molecule has 0 saturated heterocycles. The number of methoxy groups -OCH3 is 1. The third kappa shape index (κ3) is 6.67. The Hall–Kier alpha value is -3.96. The highest BCUT2D eigenvalue weighted by atomic mass is 32.1. The Morgan fingerprint density at radius 1 is 0.684 bits per heavy atom. The van der Waals surface area contributed by atoms with Gasteiger partial charge in [0.05, 0.1) is 29.7 Å². The zero-order valence-corrected chi connectivity index (χ0v) is 22.0. The average molecular weight is 557 g/mol. The molecular weight excluding hydrogens is 532 g/mol. The van der Waals surface area contributed by atoms with E-state index in [1.54, 1.807) is 30.3 Å². The number of carbonyl (C=O) groups is 4. The predicted molar refractivity (Wildman–Crippen MR) is 144 cm³/mol. The molecule has 0 aliphatic rings. The van der Waals surface area contributed by atoms with Crippen molar-refractivity contribution >= 4 is 66.4 Å². The molecule has 2 heterocycles. The lowest BCUT2D eigenvalue weighted by Crippen LogP contribution is -2.09. The van der Waals surface area contributed by atoms with Gasteiger partial charge in [0, 0.05) is 28.3 Å². The first kappa shape index (κ1) is 27.1. The summed E-state index contributed by atoms with van der Waals surface area (Å²) in [7, 11) is 1.52. The molecule has 0 fully saturated rings. The highest BCUT2D eigenvalue weighted by molar-refractivity contribution is 7.21. The van der Waals surface area contributed by atoms with Crippen LogP contribution in [0.4, 0.5) is 0 Å². The Morgan fingerprint density at radius 3 is 1.87 bits per heavy atom. The number of Topliss-reactive ketones (excluding diaryl/α,β-unsaturated/α-hetero) is 2. The number of aliphatic carboxylic acids is 2. The number of hydrogen-bond acceptors (Lipinski definition) is 9. The van der Waals surface area contributed by atoms with E-state index in [9.17, 15) is 19.2 Å². The first-order valence-electron chi connectivity index (χ1n) is 11.6. The summed E-state index contributed by atoms with van der Waals surface area (Å²) in [6.07, 6.45) is -0.501. The molecule has 2 N–H and O–H groups in total. The van der Waals surface area contributed by atoms with Gasteiger partial charge in [-0.05, 0) is 47.2 Å². The monoisotopic (exact) mass is 556 g/mol. The average Bonchev–Trinajstić information content (AvgIpc) is 3.51. The van der Waals surface area contributed by atoms with Crippen molar-refractivity contribution in [2.75, 3.05) is 20.3 Å². The Bertz CT molecular complexity index is 1520. The number of carbonyl (C=O) groups excluding carboxylic acids is 2. The number of hydrogen-bond donors (Lipinski definition) is 2. The molecule has 0 amide bonds. The summed E-state index contributed by atoms with van der Waals surface area (Å²) < 4.78 is 18.9. The molecule has 198 valence electrons. The fourth-order valence-electron chi connectivity index (χ4n) is 3.70. The molecule has 0 spiro atoms. The van der Waals surface area contributed by atoms with Crippen LogP contribution in [0.5, 0.6) is 17.2 Å². The van der Waals surface area contributed by atoms with Gasteiger partial charge >= 0.3 is 11.9 Å². The normalized spacial score (nSPS) is 11.0. The standard InChI is InChI=1S/C27H24O9S2/c1-34-20-14-23-16(13-25(38-23)19(29)4-7-27(32)33)11-21(20)36-9-8-35-17-2-5-22-15(10-17)12-24(37-22)18(28)3-6-26(30)31/h2,5,10-14H,3-4,6-9H2,1H3,(H,30,31)(H,32,33). The van der Waals surface area contributed by atoms with Crippen LogP contribution in [0, 0.1) is 0 Å². The van der Waals surface area contributed by atoms with Gasteiger partial charge in [0.1, 0.15) is 19.0 Å². The Morgan fingerprint density at radius 2 is 1.26 bits per heavy atom. The third-order valence-corrected chi connectivity index (χ3v) is 7.88. The second-order valence-corrected chi connectivity index (χ2v) is 10.5. The molecule has 0 bridgehead atoms. The van der Waals surface area contributed by atoms with Gasteiger partial charge in [0.15, 0.2) is 23.1 Å². The largest absolute Gasteiger partial charge is 0.493 e. The molecule has 0 aliphatic carbocycles. The maximum Gasteiger partial charge on any atom is 0.303 e. The van der Waals surface area contributed by atoms with E-state index in [4.69, 9.17) is 24.4 Å². The minimum Gasteiger partial charge on any atom is -0.493 e. The predicted octanol–water partition coefficient (Wildman–Crippen LogP) is 5.68. The van der Waals surface area contributed by atoms with Gasteiger partial charge in [0.2, 0.25) is 0 Å². The van der Waals surface area contributed by atoms with Crippen molar-refractivity contribution in [1.82, 2.24) is 0 Å². The minimum absolute atomic E-state index is 0.0359. The molecule has 0 aliphatic heterocycles. The molecule has 11 heteroatoms. The van der Waals surface area contributed by atoms with Crippen molar-refractivity contribution in [2.24, 2.45) is 0 Å². The SMILES string of the molecule is COc1cc2sc(C(=O)CCC(=O)O)cc2cc1OCCOc1ccc2sc(C(=O)CCC(=O)O)cc2c1. The highest BCUT2D eigenvalue weighted by Gasteiger charge is 2.16. The Kier molecular flexibility index (Phi) is 8.59. The van der Waals surface area contributed by atoms with Crippen LogP contribution in [-0.2, 0) is 9.59 Å². The van der Waals surface area contributed by atoms with Crippen LogP contribution in [0.3, 0.4) is 0 Å². The van der Waals surface area contributed by atoms with E-state index >= 15 is 0 Å². The van der Waals surface area contributed by atoms with E-state index in [0.717, 1.165) is 20.2 Å². The van der Waals surface area contributed by atoms with E-state index in [-0.39, 0.29) is 50.5 Å².